The van der Waals surface area contributed by atoms with Crippen LogP contribution in [-0.2, 0) is 11.3 Å². The van der Waals surface area contributed by atoms with Gasteiger partial charge in [0.25, 0.3) is 0 Å². The summed E-state index contributed by atoms with van der Waals surface area (Å²) in [5.41, 5.74) is 1.07. The van der Waals surface area contributed by atoms with Gasteiger partial charge in [0.2, 0.25) is 0 Å². The second-order valence-electron chi connectivity index (χ2n) is 4.53. The van der Waals surface area contributed by atoms with E-state index >= 15 is 0 Å². The minimum atomic E-state index is -0.0973. The SMILES string of the molecule is COc1ccccc1CNC(C(C)=O)C(C)C. The highest BCUT2D eigenvalue weighted by Crippen LogP contribution is 2.17. The highest BCUT2D eigenvalue weighted by Gasteiger charge is 2.17. The largest absolute Gasteiger partial charge is 0.496 e. The van der Waals surface area contributed by atoms with Gasteiger partial charge in [-0.1, -0.05) is 32.0 Å². The van der Waals surface area contributed by atoms with Crippen LogP contribution in [0, 0.1) is 5.92 Å². The number of ether oxygens (including phenoxy) is 1. The molecule has 1 aromatic rings. The summed E-state index contributed by atoms with van der Waals surface area (Å²) in [4.78, 5) is 11.5. The van der Waals surface area contributed by atoms with Crippen molar-refractivity contribution in [1.29, 1.82) is 0 Å². The highest BCUT2D eigenvalue weighted by atomic mass is 16.5. The molecule has 0 aromatic heterocycles. The number of rotatable bonds is 6. The Morgan fingerprint density at radius 1 is 1.35 bits per heavy atom. The van der Waals surface area contributed by atoms with Crippen molar-refractivity contribution < 1.29 is 9.53 Å². The number of nitrogens with one attached hydrogen (secondary N) is 1. The Kier molecular flexibility index (Phi) is 5.16. The van der Waals surface area contributed by atoms with Gasteiger partial charge in [0, 0.05) is 12.1 Å². The molecule has 0 aliphatic rings. The number of hydrogen-bond acceptors (Lipinski definition) is 3. The fraction of sp³-hybridized carbons (Fsp3) is 0.500. The molecule has 0 spiro atoms. The van der Waals surface area contributed by atoms with Crippen LogP contribution in [0.1, 0.15) is 26.3 Å². The molecule has 0 saturated heterocycles. The zero-order valence-electron chi connectivity index (χ0n) is 11.0. The lowest BCUT2D eigenvalue weighted by Gasteiger charge is -2.20. The van der Waals surface area contributed by atoms with Gasteiger partial charge in [0.15, 0.2) is 0 Å². The van der Waals surface area contributed by atoms with E-state index in [4.69, 9.17) is 4.74 Å². The monoisotopic (exact) mass is 235 g/mol. The molecular weight excluding hydrogens is 214 g/mol. The van der Waals surface area contributed by atoms with Crippen molar-refractivity contribution in [3.63, 3.8) is 0 Å². The fourth-order valence-electron chi connectivity index (χ4n) is 1.92. The van der Waals surface area contributed by atoms with Crippen LogP contribution in [0.15, 0.2) is 24.3 Å². The molecule has 1 N–H and O–H groups in total. The van der Waals surface area contributed by atoms with Gasteiger partial charge in [0.1, 0.15) is 11.5 Å². The average Bonchev–Trinajstić information content (AvgIpc) is 2.29. The quantitative estimate of drug-likeness (QED) is 0.822. The van der Waals surface area contributed by atoms with E-state index in [1.165, 1.54) is 0 Å². The van der Waals surface area contributed by atoms with Gasteiger partial charge in [-0.2, -0.15) is 0 Å². The van der Waals surface area contributed by atoms with Crippen molar-refractivity contribution in [1.82, 2.24) is 5.32 Å². The Morgan fingerprint density at radius 3 is 2.53 bits per heavy atom. The smallest absolute Gasteiger partial charge is 0.146 e. The van der Waals surface area contributed by atoms with Crippen LogP contribution in [-0.4, -0.2) is 18.9 Å². The van der Waals surface area contributed by atoms with Crippen molar-refractivity contribution in [2.24, 2.45) is 5.92 Å². The lowest BCUT2D eigenvalue weighted by atomic mass is 10.0. The molecule has 0 heterocycles. The molecule has 17 heavy (non-hydrogen) atoms. The van der Waals surface area contributed by atoms with E-state index in [2.05, 4.69) is 5.32 Å². The van der Waals surface area contributed by atoms with Crippen LogP contribution in [0.2, 0.25) is 0 Å². The summed E-state index contributed by atoms with van der Waals surface area (Å²) >= 11 is 0. The minimum absolute atomic E-state index is 0.0973. The number of carbonyl (C=O) groups excluding carboxylic acids is 1. The zero-order valence-corrected chi connectivity index (χ0v) is 11.0. The maximum atomic E-state index is 11.5. The number of hydrogen-bond donors (Lipinski definition) is 1. The van der Waals surface area contributed by atoms with Crippen LogP contribution < -0.4 is 10.1 Å². The summed E-state index contributed by atoms with van der Waals surface area (Å²) in [6, 6.07) is 7.74. The molecule has 0 saturated carbocycles. The Balaban J connectivity index is 2.68. The lowest BCUT2D eigenvalue weighted by molar-refractivity contribution is -0.120. The summed E-state index contributed by atoms with van der Waals surface area (Å²) in [7, 11) is 1.66. The van der Waals surface area contributed by atoms with E-state index in [9.17, 15) is 4.79 Å². The first-order valence-electron chi connectivity index (χ1n) is 5.92. The van der Waals surface area contributed by atoms with Gasteiger partial charge in [-0.05, 0) is 18.9 Å². The predicted octanol–water partition coefficient (Wildman–Crippen LogP) is 2.40. The molecule has 0 amide bonds. The fourth-order valence-corrected chi connectivity index (χ4v) is 1.92. The third-order valence-electron chi connectivity index (χ3n) is 2.81. The summed E-state index contributed by atoms with van der Waals surface area (Å²) in [6.07, 6.45) is 0. The van der Waals surface area contributed by atoms with Crippen molar-refractivity contribution in [3.05, 3.63) is 29.8 Å². The predicted molar refractivity (Wildman–Crippen MR) is 69.1 cm³/mol. The van der Waals surface area contributed by atoms with Crippen LogP contribution in [0.4, 0.5) is 0 Å². The van der Waals surface area contributed by atoms with Gasteiger partial charge in [-0.15, -0.1) is 0 Å². The Bertz CT molecular complexity index is 374. The summed E-state index contributed by atoms with van der Waals surface area (Å²) in [5.74, 6) is 1.32. The van der Waals surface area contributed by atoms with Crippen LogP contribution >= 0.6 is 0 Å². The third kappa shape index (κ3) is 3.86. The zero-order chi connectivity index (χ0) is 12.8. The van der Waals surface area contributed by atoms with E-state index in [1.54, 1.807) is 14.0 Å². The molecule has 1 rings (SSSR count). The second kappa shape index (κ2) is 6.40. The van der Waals surface area contributed by atoms with E-state index in [0.29, 0.717) is 12.5 Å². The lowest BCUT2D eigenvalue weighted by Crippen LogP contribution is -2.39. The molecule has 0 aliphatic carbocycles. The maximum Gasteiger partial charge on any atom is 0.146 e. The molecule has 0 aliphatic heterocycles. The summed E-state index contributed by atoms with van der Waals surface area (Å²) in [6.45, 7) is 6.36. The first kappa shape index (κ1) is 13.7. The van der Waals surface area contributed by atoms with E-state index < -0.39 is 0 Å². The van der Waals surface area contributed by atoms with Crippen molar-refractivity contribution in [2.75, 3.05) is 7.11 Å². The number of ketones is 1. The number of carbonyl (C=O) groups is 1. The average molecular weight is 235 g/mol. The Morgan fingerprint density at radius 2 is 2.00 bits per heavy atom. The van der Waals surface area contributed by atoms with Crippen molar-refractivity contribution in [3.8, 4) is 5.75 Å². The topological polar surface area (TPSA) is 38.3 Å². The standard InChI is InChI=1S/C14H21NO2/c1-10(2)14(11(3)16)15-9-12-7-5-6-8-13(12)17-4/h5-8,10,14-15H,9H2,1-4H3. The highest BCUT2D eigenvalue weighted by molar-refractivity contribution is 5.81. The minimum Gasteiger partial charge on any atom is -0.496 e. The normalized spacial score (nSPS) is 12.5. The van der Waals surface area contributed by atoms with E-state index in [0.717, 1.165) is 11.3 Å². The molecular formula is C14H21NO2. The Labute approximate surface area is 103 Å². The van der Waals surface area contributed by atoms with Crippen LogP contribution in [0.25, 0.3) is 0 Å². The van der Waals surface area contributed by atoms with E-state index in [1.807, 2.05) is 38.1 Å². The maximum absolute atomic E-state index is 11.5. The number of Topliss-reactive ketones (excluding diaryl/α,β-unsaturated/α-hetero) is 1. The molecule has 1 unspecified atom stereocenters. The van der Waals surface area contributed by atoms with Crippen molar-refractivity contribution >= 4 is 5.78 Å². The molecule has 1 aromatic carbocycles. The molecule has 3 nitrogen and oxygen atoms in total. The second-order valence-corrected chi connectivity index (χ2v) is 4.53. The molecule has 0 bridgehead atoms. The van der Waals surface area contributed by atoms with Gasteiger partial charge in [-0.3, -0.25) is 4.79 Å². The molecule has 1 atom stereocenters. The van der Waals surface area contributed by atoms with Gasteiger partial charge in [-0.25, -0.2) is 0 Å². The number of para-hydroxylation sites is 1. The summed E-state index contributed by atoms with van der Waals surface area (Å²) in [5, 5.41) is 3.28. The molecule has 94 valence electrons. The van der Waals surface area contributed by atoms with Gasteiger partial charge >= 0.3 is 0 Å². The third-order valence-corrected chi connectivity index (χ3v) is 2.81. The van der Waals surface area contributed by atoms with Gasteiger partial charge < -0.3 is 10.1 Å². The Hall–Kier alpha value is -1.35. The molecule has 0 fully saturated rings. The number of benzene rings is 1. The first-order chi connectivity index (χ1) is 8.06. The molecule has 0 radical (unpaired) electrons. The number of methoxy groups -OCH3 is 1. The van der Waals surface area contributed by atoms with Gasteiger partial charge in [0.05, 0.1) is 13.2 Å². The molecule has 3 heteroatoms. The van der Waals surface area contributed by atoms with Crippen LogP contribution in [0.5, 0.6) is 5.75 Å². The summed E-state index contributed by atoms with van der Waals surface area (Å²) < 4.78 is 5.27. The van der Waals surface area contributed by atoms with E-state index in [-0.39, 0.29) is 11.8 Å². The van der Waals surface area contributed by atoms with Crippen molar-refractivity contribution in [2.45, 2.75) is 33.4 Å². The first-order valence-corrected chi connectivity index (χ1v) is 5.92. The van der Waals surface area contributed by atoms with Crippen LogP contribution in [0.3, 0.4) is 0 Å².